The molecule has 3 heterocycles. The van der Waals surface area contributed by atoms with E-state index < -0.39 is 35.3 Å². The number of hydrogen-bond acceptors (Lipinski definition) is 8. The van der Waals surface area contributed by atoms with Crippen molar-refractivity contribution in [3.8, 4) is 22.2 Å². The number of halogens is 1. The number of urea groups is 1. The van der Waals surface area contributed by atoms with Crippen molar-refractivity contribution in [2.45, 2.75) is 63.5 Å². The van der Waals surface area contributed by atoms with E-state index in [-0.39, 0.29) is 42.6 Å². The Labute approximate surface area is 264 Å². The van der Waals surface area contributed by atoms with E-state index in [0.717, 1.165) is 25.0 Å². The molecule has 11 nitrogen and oxygen atoms in total. The van der Waals surface area contributed by atoms with Crippen LogP contribution in [0.1, 0.15) is 57.6 Å². The molecule has 0 spiro atoms. The van der Waals surface area contributed by atoms with Gasteiger partial charge in [-0.15, -0.1) is 11.3 Å². The second-order valence-electron chi connectivity index (χ2n) is 11.8. The molecule has 0 radical (unpaired) electrons. The highest BCUT2D eigenvalue weighted by Crippen LogP contribution is 2.45. The number of benzene rings is 1. The number of fused-ring (bicyclic) bond motifs is 2. The minimum absolute atomic E-state index is 0.0220. The predicted molar refractivity (Wildman–Crippen MR) is 168 cm³/mol. The van der Waals surface area contributed by atoms with Gasteiger partial charge < -0.3 is 30.1 Å². The van der Waals surface area contributed by atoms with Gasteiger partial charge in [-0.1, -0.05) is 26.0 Å². The van der Waals surface area contributed by atoms with Crippen LogP contribution in [-0.2, 0) is 9.59 Å². The van der Waals surface area contributed by atoms with Crippen molar-refractivity contribution >= 4 is 40.1 Å². The number of aliphatic carboxylic acids is 1. The van der Waals surface area contributed by atoms with Crippen LogP contribution in [0.3, 0.4) is 0 Å². The van der Waals surface area contributed by atoms with E-state index in [4.69, 9.17) is 9.47 Å². The Hall–Kier alpha value is -4.26. The lowest BCUT2D eigenvalue weighted by Crippen LogP contribution is -2.55. The van der Waals surface area contributed by atoms with Crippen LogP contribution < -0.4 is 20.1 Å². The summed E-state index contributed by atoms with van der Waals surface area (Å²) in [5, 5.41) is 18.3. The maximum absolute atomic E-state index is 15.4. The van der Waals surface area contributed by atoms with Crippen LogP contribution >= 0.6 is 11.3 Å². The summed E-state index contributed by atoms with van der Waals surface area (Å²) in [5.41, 5.74) is -0.0602. The van der Waals surface area contributed by atoms with Crippen LogP contribution in [0.25, 0.3) is 21.6 Å². The molecule has 240 valence electrons. The van der Waals surface area contributed by atoms with Gasteiger partial charge in [0.05, 0.1) is 19.4 Å². The van der Waals surface area contributed by atoms with Crippen molar-refractivity contribution < 1.29 is 33.4 Å². The fraction of sp³-hybridized carbons (Fsp3) is 0.469. The zero-order valence-electron chi connectivity index (χ0n) is 25.8. The molecule has 3 N–H and O–H groups in total. The van der Waals surface area contributed by atoms with Crippen molar-refractivity contribution in [3.63, 3.8) is 0 Å². The molecule has 5 rings (SSSR count). The molecule has 1 fully saturated rings. The number of amides is 3. The Morgan fingerprint density at radius 2 is 2.04 bits per heavy atom. The van der Waals surface area contributed by atoms with E-state index >= 15 is 4.39 Å². The van der Waals surface area contributed by atoms with Crippen molar-refractivity contribution in [1.82, 2.24) is 25.5 Å². The first-order valence-corrected chi connectivity index (χ1v) is 15.9. The number of allylic oxidation sites excluding steroid dienone is 1. The predicted octanol–water partition coefficient (Wildman–Crippen LogP) is 5.11. The Balaban J connectivity index is 1.42. The minimum atomic E-state index is -1.41. The van der Waals surface area contributed by atoms with Crippen LogP contribution in [0.5, 0.6) is 11.5 Å². The van der Waals surface area contributed by atoms with Gasteiger partial charge in [-0.05, 0) is 43.7 Å². The third-order valence-electron chi connectivity index (χ3n) is 8.25. The minimum Gasteiger partial charge on any atom is -0.494 e. The second-order valence-corrected chi connectivity index (χ2v) is 12.6. The highest BCUT2D eigenvalue weighted by molar-refractivity contribution is 7.13. The number of nitrogens with zero attached hydrogens (tertiary/aromatic N) is 3. The number of nitrogens with one attached hydrogen (secondary N) is 2. The van der Waals surface area contributed by atoms with Crippen molar-refractivity contribution in [2.24, 2.45) is 5.92 Å². The number of carboxylic acid groups (broad SMARTS) is 1. The van der Waals surface area contributed by atoms with Gasteiger partial charge in [-0.3, -0.25) is 4.79 Å². The lowest BCUT2D eigenvalue weighted by Gasteiger charge is -2.25. The number of thiazole rings is 1. The number of rotatable bonds is 8. The quantitative estimate of drug-likeness (QED) is 0.289. The summed E-state index contributed by atoms with van der Waals surface area (Å²) in [4.78, 5) is 49.4. The lowest BCUT2D eigenvalue weighted by atomic mass is 10.1. The van der Waals surface area contributed by atoms with Crippen LogP contribution in [0.2, 0.25) is 0 Å². The fourth-order valence-corrected chi connectivity index (χ4v) is 6.26. The van der Waals surface area contributed by atoms with Crippen LogP contribution in [0.4, 0.5) is 9.18 Å². The molecule has 3 amide bonds. The van der Waals surface area contributed by atoms with Crippen molar-refractivity contribution in [2.75, 3.05) is 27.3 Å². The molecule has 3 aromatic rings. The van der Waals surface area contributed by atoms with Gasteiger partial charge in [-0.2, -0.15) is 0 Å². The highest BCUT2D eigenvalue weighted by Gasteiger charge is 2.60. The Morgan fingerprint density at radius 3 is 2.76 bits per heavy atom. The van der Waals surface area contributed by atoms with Crippen LogP contribution in [-0.4, -0.2) is 76.8 Å². The monoisotopic (exact) mass is 639 g/mol. The van der Waals surface area contributed by atoms with Gasteiger partial charge in [0.25, 0.3) is 0 Å². The third kappa shape index (κ3) is 6.87. The number of hydrogen-bond donors (Lipinski definition) is 3. The van der Waals surface area contributed by atoms with E-state index in [9.17, 15) is 19.5 Å². The molecule has 1 aliphatic heterocycles. The fourth-order valence-electron chi connectivity index (χ4n) is 5.32. The van der Waals surface area contributed by atoms with E-state index in [2.05, 4.69) is 20.6 Å². The number of ether oxygens (including phenoxy) is 2. The summed E-state index contributed by atoms with van der Waals surface area (Å²) in [6.45, 7) is 4.51. The molecular weight excluding hydrogens is 601 g/mol. The molecule has 1 aliphatic carbocycles. The zero-order valence-corrected chi connectivity index (χ0v) is 26.6. The molecule has 0 saturated heterocycles. The summed E-state index contributed by atoms with van der Waals surface area (Å²) in [5.74, 6) is -2.16. The summed E-state index contributed by atoms with van der Waals surface area (Å²) in [7, 11) is 3.02. The summed E-state index contributed by atoms with van der Waals surface area (Å²) in [6, 6.07) is 3.28. The number of carbonyl (C=O) groups excluding carboxylic acids is 2. The number of pyridine rings is 1. The van der Waals surface area contributed by atoms with Gasteiger partial charge in [0.2, 0.25) is 5.91 Å². The number of aromatic nitrogens is 2. The average molecular weight is 640 g/mol. The standard InChI is InChI=1S/C32H38FN5O6S/c1-18(2)23-17-45-29(35-23)22-15-25(20-10-11-24(43-4)26(33)27(20)34-22)44-14-12-21-28(39)37-32(30(40)41)16-19(32)9-7-5-6-8-13-38(3)31(42)36-21/h7,9-11,15,17-19,21H,5-6,8,12-14,16H2,1-4H3,(H,36,42)(H,37,39)(H,40,41)/b9-7-. The molecule has 2 aliphatic rings. The summed E-state index contributed by atoms with van der Waals surface area (Å²) >= 11 is 1.39. The Bertz CT molecular complexity index is 1630. The molecule has 13 heteroatoms. The summed E-state index contributed by atoms with van der Waals surface area (Å²) in [6.07, 6.45) is 6.47. The van der Waals surface area contributed by atoms with Gasteiger partial charge in [0.1, 0.15) is 33.5 Å². The van der Waals surface area contributed by atoms with Gasteiger partial charge in [-0.25, -0.2) is 23.9 Å². The number of carbonyl (C=O) groups is 3. The molecule has 3 unspecified atom stereocenters. The Kier molecular flexibility index (Phi) is 9.56. The van der Waals surface area contributed by atoms with Gasteiger partial charge in [0, 0.05) is 42.8 Å². The first-order valence-electron chi connectivity index (χ1n) is 15.0. The largest absolute Gasteiger partial charge is 0.494 e. The van der Waals surface area contributed by atoms with E-state index in [1.807, 2.05) is 31.4 Å². The normalized spacial score (nSPS) is 23.1. The Morgan fingerprint density at radius 1 is 1.24 bits per heavy atom. The van der Waals surface area contributed by atoms with E-state index in [0.29, 0.717) is 28.4 Å². The molecule has 3 atom stereocenters. The molecule has 45 heavy (non-hydrogen) atoms. The molecule has 2 aromatic heterocycles. The average Bonchev–Trinajstić information content (AvgIpc) is 3.47. The van der Waals surface area contributed by atoms with Crippen molar-refractivity contribution in [1.29, 1.82) is 0 Å². The maximum atomic E-state index is 15.4. The van der Waals surface area contributed by atoms with E-state index in [1.54, 1.807) is 19.2 Å². The first-order chi connectivity index (χ1) is 21.5. The molecule has 1 aromatic carbocycles. The third-order valence-corrected chi connectivity index (χ3v) is 9.13. The number of carboxylic acids is 1. The van der Waals surface area contributed by atoms with Crippen LogP contribution in [0, 0.1) is 11.7 Å². The molecule has 0 bridgehead atoms. The SMILES string of the molecule is COc1ccc2c(OCCC3NC(=O)N(C)CCCC/C=C\C4CC4(C(=O)O)NC3=O)cc(-c3nc(C(C)C)cs3)nc2c1F. The summed E-state index contributed by atoms with van der Waals surface area (Å²) < 4.78 is 26.7. The maximum Gasteiger partial charge on any atom is 0.330 e. The topological polar surface area (TPSA) is 143 Å². The van der Waals surface area contributed by atoms with Gasteiger partial charge >= 0.3 is 12.0 Å². The van der Waals surface area contributed by atoms with E-state index in [1.165, 1.54) is 29.4 Å². The van der Waals surface area contributed by atoms with Crippen molar-refractivity contribution in [3.05, 3.63) is 47.2 Å². The highest BCUT2D eigenvalue weighted by atomic mass is 32.1. The lowest BCUT2D eigenvalue weighted by molar-refractivity contribution is -0.143. The zero-order chi connectivity index (χ0) is 32.3. The smallest absolute Gasteiger partial charge is 0.330 e. The molecule has 1 saturated carbocycles. The number of methoxy groups -OCH3 is 1. The second kappa shape index (κ2) is 13.4. The van der Waals surface area contributed by atoms with Gasteiger partial charge in [0.15, 0.2) is 11.6 Å². The molecular formula is C32H38FN5O6S. The van der Waals surface area contributed by atoms with Crippen LogP contribution in [0.15, 0.2) is 35.7 Å². The first kappa shape index (κ1) is 32.1.